The van der Waals surface area contributed by atoms with Crippen LogP contribution in [0.1, 0.15) is 6.92 Å². The number of carbonyl (C=O) groups is 1. The van der Waals surface area contributed by atoms with Gasteiger partial charge in [-0.3, -0.25) is 0 Å². The van der Waals surface area contributed by atoms with Crippen LogP contribution in [-0.2, 0) is 4.79 Å². The Hall–Kier alpha value is -1.55. The first kappa shape index (κ1) is 13.5. The molecule has 2 rings (SSSR count). The molecule has 1 heterocycles. The van der Waals surface area contributed by atoms with Gasteiger partial charge in [-0.05, 0) is 19.1 Å². The molecular formula is C13H20N2O2. The second-order valence-corrected chi connectivity index (χ2v) is 3.64. The molecule has 0 radical (unpaired) electrons. The van der Waals surface area contributed by atoms with Crippen molar-refractivity contribution in [2.45, 2.75) is 6.92 Å². The minimum absolute atomic E-state index is 0.750. The molecule has 4 heteroatoms. The summed E-state index contributed by atoms with van der Waals surface area (Å²) in [6.45, 7) is 5.66. The van der Waals surface area contributed by atoms with E-state index in [4.69, 9.17) is 9.53 Å². The summed E-state index contributed by atoms with van der Waals surface area (Å²) in [5, 5.41) is 3.34. The first-order valence-electron chi connectivity index (χ1n) is 5.82. The van der Waals surface area contributed by atoms with Crippen LogP contribution in [0.5, 0.6) is 5.75 Å². The summed E-state index contributed by atoms with van der Waals surface area (Å²) in [5.74, 6) is 0.967. The van der Waals surface area contributed by atoms with Gasteiger partial charge in [-0.2, -0.15) is 0 Å². The maximum Gasteiger partial charge on any atom is 0.142 e. The largest absolute Gasteiger partial charge is 0.495 e. The van der Waals surface area contributed by atoms with Crippen molar-refractivity contribution in [1.82, 2.24) is 5.32 Å². The van der Waals surface area contributed by atoms with Gasteiger partial charge in [-0.1, -0.05) is 12.1 Å². The summed E-state index contributed by atoms with van der Waals surface area (Å²) in [6, 6.07) is 8.19. The van der Waals surface area contributed by atoms with Crippen LogP contribution in [0.15, 0.2) is 24.3 Å². The predicted octanol–water partition coefficient (Wildman–Crippen LogP) is 1.31. The lowest BCUT2D eigenvalue weighted by Gasteiger charge is -2.30. The molecule has 1 aromatic carbocycles. The molecule has 4 nitrogen and oxygen atoms in total. The highest BCUT2D eigenvalue weighted by Gasteiger charge is 2.13. The van der Waals surface area contributed by atoms with E-state index < -0.39 is 0 Å². The minimum atomic E-state index is 0.750. The number of para-hydroxylation sites is 2. The number of ether oxygens (including phenoxy) is 1. The SMILES string of the molecule is CC=O.COc1ccccc1N1CCNCC1. The summed E-state index contributed by atoms with van der Waals surface area (Å²) >= 11 is 0. The van der Waals surface area contributed by atoms with Crippen LogP contribution in [0.2, 0.25) is 0 Å². The Bertz CT molecular complexity index is 336. The van der Waals surface area contributed by atoms with Gasteiger partial charge in [-0.25, -0.2) is 0 Å². The molecule has 0 amide bonds. The molecule has 1 N–H and O–H groups in total. The van der Waals surface area contributed by atoms with Gasteiger partial charge in [0.05, 0.1) is 12.8 Å². The van der Waals surface area contributed by atoms with E-state index >= 15 is 0 Å². The smallest absolute Gasteiger partial charge is 0.142 e. The third-order valence-electron chi connectivity index (χ3n) is 2.54. The molecule has 1 aliphatic rings. The quantitative estimate of drug-likeness (QED) is 0.786. The average molecular weight is 236 g/mol. The normalized spacial score (nSPS) is 14.6. The molecule has 1 aliphatic heterocycles. The number of piperazine rings is 1. The Morgan fingerprint density at radius 2 is 1.88 bits per heavy atom. The maximum absolute atomic E-state index is 8.81. The van der Waals surface area contributed by atoms with Crippen molar-refractivity contribution in [3.8, 4) is 5.75 Å². The van der Waals surface area contributed by atoms with Crippen LogP contribution >= 0.6 is 0 Å². The van der Waals surface area contributed by atoms with E-state index in [-0.39, 0.29) is 0 Å². The van der Waals surface area contributed by atoms with Crippen molar-refractivity contribution in [3.63, 3.8) is 0 Å². The van der Waals surface area contributed by atoms with E-state index in [2.05, 4.69) is 22.3 Å². The lowest BCUT2D eigenvalue weighted by atomic mass is 10.2. The fourth-order valence-electron chi connectivity index (χ4n) is 1.80. The minimum Gasteiger partial charge on any atom is -0.495 e. The molecule has 0 spiro atoms. The number of anilines is 1. The molecule has 1 aromatic rings. The van der Waals surface area contributed by atoms with Gasteiger partial charge in [0.15, 0.2) is 0 Å². The summed E-state index contributed by atoms with van der Waals surface area (Å²) in [7, 11) is 1.72. The molecule has 0 saturated carbocycles. The van der Waals surface area contributed by atoms with Crippen LogP contribution in [0, 0.1) is 0 Å². The summed E-state index contributed by atoms with van der Waals surface area (Å²) in [4.78, 5) is 11.2. The van der Waals surface area contributed by atoms with Crippen LogP contribution < -0.4 is 15.0 Å². The molecule has 17 heavy (non-hydrogen) atoms. The lowest BCUT2D eigenvalue weighted by molar-refractivity contribution is -0.106. The number of aldehydes is 1. The van der Waals surface area contributed by atoms with Crippen LogP contribution in [0.25, 0.3) is 0 Å². The van der Waals surface area contributed by atoms with Gasteiger partial charge in [0.2, 0.25) is 0 Å². The molecule has 0 atom stereocenters. The first-order chi connectivity index (χ1) is 8.33. The fourth-order valence-corrected chi connectivity index (χ4v) is 1.80. The zero-order valence-electron chi connectivity index (χ0n) is 10.5. The number of hydrogen-bond acceptors (Lipinski definition) is 4. The third-order valence-corrected chi connectivity index (χ3v) is 2.54. The van der Waals surface area contributed by atoms with Gasteiger partial charge < -0.3 is 19.7 Å². The van der Waals surface area contributed by atoms with E-state index in [0.717, 1.165) is 38.2 Å². The number of nitrogens with one attached hydrogen (secondary N) is 1. The average Bonchev–Trinajstić information content (AvgIpc) is 2.40. The predicted molar refractivity (Wildman–Crippen MR) is 69.8 cm³/mol. The van der Waals surface area contributed by atoms with Gasteiger partial charge in [-0.15, -0.1) is 0 Å². The van der Waals surface area contributed by atoms with E-state index in [9.17, 15) is 0 Å². The molecular weight excluding hydrogens is 216 g/mol. The highest BCUT2D eigenvalue weighted by Crippen LogP contribution is 2.27. The number of carbonyl (C=O) groups excluding carboxylic acids is 1. The van der Waals surface area contributed by atoms with E-state index in [1.54, 1.807) is 7.11 Å². The third kappa shape index (κ3) is 4.07. The number of methoxy groups -OCH3 is 1. The number of benzene rings is 1. The van der Waals surface area contributed by atoms with E-state index in [1.165, 1.54) is 12.6 Å². The van der Waals surface area contributed by atoms with Gasteiger partial charge >= 0.3 is 0 Å². The molecule has 1 fully saturated rings. The first-order valence-corrected chi connectivity index (χ1v) is 5.82. The molecule has 1 saturated heterocycles. The number of hydrogen-bond donors (Lipinski definition) is 1. The van der Waals surface area contributed by atoms with Crippen LogP contribution in [0.3, 0.4) is 0 Å². The van der Waals surface area contributed by atoms with Crippen molar-refractivity contribution in [2.24, 2.45) is 0 Å². The van der Waals surface area contributed by atoms with Crippen LogP contribution in [0.4, 0.5) is 5.69 Å². The number of rotatable bonds is 2. The van der Waals surface area contributed by atoms with Crippen molar-refractivity contribution in [3.05, 3.63) is 24.3 Å². The monoisotopic (exact) mass is 236 g/mol. The van der Waals surface area contributed by atoms with E-state index in [1.807, 2.05) is 12.1 Å². The molecule has 0 aliphatic carbocycles. The van der Waals surface area contributed by atoms with Crippen LogP contribution in [-0.4, -0.2) is 39.6 Å². The standard InChI is InChI=1S/C11H16N2O.C2H4O/c1-14-11-5-3-2-4-10(11)13-8-6-12-7-9-13;1-2-3/h2-5,12H,6-9H2,1H3;2H,1H3. The second kappa shape index (κ2) is 7.68. The Labute approximate surface area is 103 Å². The zero-order chi connectivity index (χ0) is 12.5. The highest BCUT2D eigenvalue weighted by atomic mass is 16.5. The highest BCUT2D eigenvalue weighted by molar-refractivity contribution is 5.58. The molecule has 0 unspecified atom stereocenters. The zero-order valence-corrected chi connectivity index (χ0v) is 10.5. The lowest BCUT2D eigenvalue weighted by Crippen LogP contribution is -2.43. The Balaban J connectivity index is 0.000000437. The summed E-state index contributed by atoms with van der Waals surface area (Å²) < 4.78 is 5.34. The van der Waals surface area contributed by atoms with Crippen molar-refractivity contribution < 1.29 is 9.53 Å². The Kier molecular flexibility index (Phi) is 6.10. The molecule has 0 aromatic heterocycles. The summed E-state index contributed by atoms with van der Waals surface area (Å²) in [6.07, 6.45) is 0.750. The molecule has 0 bridgehead atoms. The second-order valence-electron chi connectivity index (χ2n) is 3.64. The summed E-state index contributed by atoms with van der Waals surface area (Å²) in [5.41, 5.74) is 1.21. The van der Waals surface area contributed by atoms with Crippen molar-refractivity contribution in [1.29, 1.82) is 0 Å². The topological polar surface area (TPSA) is 41.6 Å². The Morgan fingerprint density at radius 1 is 1.29 bits per heavy atom. The van der Waals surface area contributed by atoms with Crippen molar-refractivity contribution in [2.75, 3.05) is 38.2 Å². The maximum atomic E-state index is 8.81. The number of nitrogens with zero attached hydrogens (tertiary/aromatic N) is 1. The van der Waals surface area contributed by atoms with Gasteiger partial charge in [0.1, 0.15) is 12.0 Å². The Morgan fingerprint density at radius 3 is 2.47 bits per heavy atom. The van der Waals surface area contributed by atoms with Crippen molar-refractivity contribution >= 4 is 12.0 Å². The fraction of sp³-hybridized carbons (Fsp3) is 0.462. The van der Waals surface area contributed by atoms with E-state index in [0.29, 0.717) is 0 Å². The van der Waals surface area contributed by atoms with Gasteiger partial charge in [0, 0.05) is 26.2 Å². The van der Waals surface area contributed by atoms with Gasteiger partial charge in [0.25, 0.3) is 0 Å². The molecule has 94 valence electrons.